The Bertz CT molecular complexity index is 1160. The molecule has 0 spiro atoms. The first kappa shape index (κ1) is 27.9. The Morgan fingerprint density at radius 3 is 2.49 bits per heavy atom. The molecule has 192 valence electrons. The van der Waals surface area contributed by atoms with Crippen LogP contribution in [0.3, 0.4) is 0 Å². The molecule has 0 aromatic heterocycles. The van der Waals surface area contributed by atoms with Crippen LogP contribution in [0.2, 0.25) is 10.0 Å². The molecule has 2 aromatic rings. The van der Waals surface area contributed by atoms with Crippen molar-refractivity contribution in [3.8, 4) is 0 Å². The highest BCUT2D eigenvalue weighted by molar-refractivity contribution is 7.88. The minimum atomic E-state index is -3.23. The number of nitrogens with zero attached hydrogens (tertiary/aromatic N) is 3. The van der Waals surface area contributed by atoms with E-state index in [2.05, 4.69) is 4.90 Å². The molecule has 6 nitrogen and oxygen atoms in total. The Labute approximate surface area is 217 Å². The molecule has 1 aliphatic heterocycles. The second-order valence-electron chi connectivity index (χ2n) is 9.36. The van der Waals surface area contributed by atoms with E-state index in [1.54, 1.807) is 36.2 Å². The van der Waals surface area contributed by atoms with Crippen LogP contribution in [0.5, 0.6) is 0 Å². The number of benzene rings is 2. The van der Waals surface area contributed by atoms with Crippen molar-refractivity contribution in [3.05, 3.63) is 69.5 Å². The Morgan fingerprint density at radius 2 is 1.83 bits per heavy atom. The lowest BCUT2D eigenvalue weighted by Crippen LogP contribution is -2.45. The molecule has 0 saturated carbocycles. The van der Waals surface area contributed by atoms with Gasteiger partial charge in [-0.2, -0.15) is 0 Å². The molecule has 0 N–H and O–H groups in total. The molecule has 2 aromatic carbocycles. The molecule has 1 unspecified atom stereocenters. The predicted molar refractivity (Wildman–Crippen MR) is 139 cm³/mol. The molecular formula is C25H32Cl2FN3O3S. The number of carbonyl (C=O) groups excluding carboxylic acids is 1. The average Bonchev–Trinajstić information content (AvgIpc) is 3.04. The highest BCUT2D eigenvalue weighted by Gasteiger charge is 2.38. The number of sulfonamides is 1. The predicted octanol–water partition coefficient (Wildman–Crippen LogP) is 4.41. The van der Waals surface area contributed by atoms with Gasteiger partial charge < -0.3 is 9.80 Å². The first-order chi connectivity index (χ1) is 16.4. The van der Waals surface area contributed by atoms with E-state index in [4.69, 9.17) is 23.2 Å². The molecule has 35 heavy (non-hydrogen) atoms. The number of rotatable bonds is 8. The molecule has 0 aliphatic carbocycles. The van der Waals surface area contributed by atoms with E-state index in [1.807, 2.05) is 13.0 Å². The van der Waals surface area contributed by atoms with Gasteiger partial charge in [-0.1, -0.05) is 41.4 Å². The topological polar surface area (TPSA) is 60.9 Å². The summed E-state index contributed by atoms with van der Waals surface area (Å²) in [6.45, 7) is 5.02. The van der Waals surface area contributed by atoms with Crippen LogP contribution in [0, 0.1) is 5.82 Å². The van der Waals surface area contributed by atoms with Gasteiger partial charge in [-0.25, -0.2) is 17.1 Å². The van der Waals surface area contributed by atoms with Gasteiger partial charge in [-0.3, -0.25) is 4.79 Å². The summed E-state index contributed by atoms with van der Waals surface area (Å²) < 4.78 is 39.1. The van der Waals surface area contributed by atoms with Crippen molar-refractivity contribution in [3.63, 3.8) is 0 Å². The van der Waals surface area contributed by atoms with E-state index >= 15 is 0 Å². The fourth-order valence-corrected chi connectivity index (χ4v) is 5.67. The minimum absolute atomic E-state index is 0.118. The van der Waals surface area contributed by atoms with E-state index in [0.717, 1.165) is 18.5 Å². The quantitative estimate of drug-likeness (QED) is 0.494. The van der Waals surface area contributed by atoms with Gasteiger partial charge in [0.2, 0.25) is 15.9 Å². The third-order valence-electron chi connectivity index (χ3n) is 6.63. The lowest BCUT2D eigenvalue weighted by atomic mass is 9.77. The molecule has 1 saturated heterocycles. The minimum Gasteiger partial charge on any atom is -0.341 e. The zero-order valence-corrected chi connectivity index (χ0v) is 22.6. The fraction of sp³-hybridized carbons (Fsp3) is 0.480. The lowest BCUT2D eigenvalue weighted by Gasteiger charge is -2.35. The number of carbonyl (C=O) groups is 1. The second kappa shape index (κ2) is 11.6. The van der Waals surface area contributed by atoms with Gasteiger partial charge >= 0.3 is 0 Å². The van der Waals surface area contributed by atoms with E-state index in [1.165, 1.54) is 22.7 Å². The van der Waals surface area contributed by atoms with Crippen molar-refractivity contribution in [1.29, 1.82) is 0 Å². The number of hydrogen-bond donors (Lipinski definition) is 0. The van der Waals surface area contributed by atoms with Gasteiger partial charge in [0.05, 0.1) is 21.7 Å². The number of halogens is 3. The molecule has 1 fully saturated rings. The van der Waals surface area contributed by atoms with Crippen LogP contribution in [0.25, 0.3) is 0 Å². The van der Waals surface area contributed by atoms with E-state index in [9.17, 15) is 17.6 Å². The summed E-state index contributed by atoms with van der Waals surface area (Å²) in [5, 5.41) is 0.779. The van der Waals surface area contributed by atoms with Crippen LogP contribution in [0.1, 0.15) is 30.9 Å². The lowest BCUT2D eigenvalue weighted by molar-refractivity contribution is -0.136. The maximum Gasteiger partial charge on any atom is 0.233 e. The standard InChI is InChI=1S/C25H32Cl2FN3O3S/c1-25(20-8-9-22(26)23(27)17-20,24(32)29(2)18-19-6-4-7-21(28)16-19)10-13-30-11-5-12-31(15-14-30)35(3,33)34/h4,6-9,16-17H,5,10-15,18H2,1-3H3. The van der Waals surface area contributed by atoms with Crippen LogP contribution in [-0.4, -0.2) is 74.5 Å². The van der Waals surface area contributed by atoms with Gasteiger partial charge in [0.15, 0.2) is 0 Å². The Balaban J connectivity index is 1.81. The number of likely N-dealkylation sites (N-methyl/N-ethyl adjacent to an activating group) is 1. The molecular weight excluding hydrogens is 512 g/mol. The van der Waals surface area contributed by atoms with Crippen LogP contribution in [0.4, 0.5) is 4.39 Å². The number of amides is 1. The maximum absolute atomic E-state index is 13.8. The van der Waals surface area contributed by atoms with Crippen LogP contribution >= 0.6 is 23.2 Å². The second-order valence-corrected chi connectivity index (χ2v) is 12.2. The van der Waals surface area contributed by atoms with Gasteiger partial charge in [0, 0.05) is 33.2 Å². The summed E-state index contributed by atoms with van der Waals surface area (Å²) >= 11 is 12.4. The van der Waals surface area contributed by atoms with Gasteiger partial charge in [-0.15, -0.1) is 0 Å². The fourth-order valence-electron chi connectivity index (χ4n) is 4.50. The summed E-state index contributed by atoms with van der Waals surface area (Å²) in [4.78, 5) is 17.6. The average molecular weight is 545 g/mol. The van der Waals surface area contributed by atoms with E-state index in [0.29, 0.717) is 48.2 Å². The normalized spacial score (nSPS) is 17.5. The Kier molecular flexibility index (Phi) is 9.21. The third kappa shape index (κ3) is 7.17. The van der Waals surface area contributed by atoms with Gasteiger partial charge in [0.1, 0.15) is 5.82 Å². The summed E-state index contributed by atoms with van der Waals surface area (Å²) in [5.41, 5.74) is 0.528. The molecule has 1 atom stereocenters. The van der Waals surface area contributed by atoms with E-state index < -0.39 is 15.4 Å². The highest BCUT2D eigenvalue weighted by Crippen LogP contribution is 2.35. The largest absolute Gasteiger partial charge is 0.341 e. The SMILES string of the molecule is CN(Cc1cccc(F)c1)C(=O)C(C)(CCN1CCCN(S(C)(=O)=O)CC1)c1ccc(Cl)c(Cl)c1. The molecule has 0 bridgehead atoms. The summed E-state index contributed by atoms with van der Waals surface area (Å²) in [5.74, 6) is -0.465. The van der Waals surface area contributed by atoms with Crippen molar-refractivity contribution >= 4 is 39.1 Å². The zero-order chi connectivity index (χ0) is 25.8. The van der Waals surface area contributed by atoms with Gasteiger partial charge in [-0.05, 0) is 68.2 Å². The van der Waals surface area contributed by atoms with E-state index in [-0.39, 0.29) is 18.3 Å². The van der Waals surface area contributed by atoms with Crippen molar-refractivity contribution < 1.29 is 17.6 Å². The molecule has 1 heterocycles. The van der Waals surface area contributed by atoms with Crippen LogP contribution in [0.15, 0.2) is 42.5 Å². The van der Waals surface area contributed by atoms with Crippen molar-refractivity contribution in [1.82, 2.24) is 14.1 Å². The summed E-state index contributed by atoms with van der Waals surface area (Å²) in [6, 6.07) is 11.4. The first-order valence-corrected chi connectivity index (χ1v) is 14.1. The van der Waals surface area contributed by atoms with Gasteiger partial charge in [0.25, 0.3) is 0 Å². The van der Waals surface area contributed by atoms with Crippen molar-refractivity contribution in [2.24, 2.45) is 0 Å². The molecule has 1 amide bonds. The number of hydrogen-bond acceptors (Lipinski definition) is 4. The van der Waals surface area contributed by atoms with Crippen LogP contribution in [-0.2, 0) is 26.8 Å². The smallest absolute Gasteiger partial charge is 0.233 e. The first-order valence-electron chi connectivity index (χ1n) is 11.5. The summed E-state index contributed by atoms with van der Waals surface area (Å²) in [7, 11) is -1.53. The monoisotopic (exact) mass is 543 g/mol. The Morgan fingerprint density at radius 1 is 1.09 bits per heavy atom. The Hall–Kier alpha value is -1.71. The zero-order valence-electron chi connectivity index (χ0n) is 20.3. The maximum atomic E-state index is 13.8. The molecule has 1 aliphatic rings. The molecule has 0 radical (unpaired) electrons. The van der Waals surface area contributed by atoms with Crippen LogP contribution < -0.4 is 0 Å². The highest BCUT2D eigenvalue weighted by atomic mass is 35.5. The molecule has 10 heteroatoms. The van der Waals surface area contributed by atoms with Crippen molar-refractivity contribution in [2.45, 2.75) is 31.7 Å². The third-order valence-corrected chi connectivity index (χ3v) is 8.67. The van der Waals surface area contributed by atoms with Crippen molar-refractivity contribution in [2.75, 3.05) is 46.0 Å². The summed E-state index contributed by atoms with van der Waals surface area (Å²) in [6.07, 6.45) is 2.46. The molecule has 3 rings (SSSR count).